The summed E-state index contributed by atoms with van der Waals surface area (Å²) in [5.74, 6) is 0.303. The van der Waals surface area contributed by atoms with Gasteiger partial charge < -0.3 is 9.26 Å². The SMILES string of the molecule is CCCc1ccc2c(c1)CCCc1c(C(=O)OC)noc1-2. The van der Waals surface area contributed by atoms with E-state index in [2.05, 4.69) is 30.3 Å². The molecule has 4 heteroatoms. The van der Waals surface area contributed by atoms with E-state index in [0.717, 1.165) is 49.0 Å². The predicted octanol–water partition coefficient (Wildman–Crippen LogP) is 3.57. The van der Waals surface area contributed by atoms with E-state index in [1.165, 1.54) is 18.2 Å². The van der Waals surface area contributed by atoms with Crippen molar-refractivity contribution in [1.82, 2.24) is 5.16 Å². The Kier molecular flexibility index (Phi) is 3.78. The molecular weight excluding hydrogens is 266 g/mol. The number of carbonyl (C=O) groups excluding carboxylic acids is 1. The molecule has 0 radical (unpaired) electrons. The fourth-order valence-electron chi connectivity index (χ4n) is 2.99. The van der Waals surface area contributed by atoms with Gasteiger partial charge in [0.1, 0.15) is 0 Å². The zero-order valence-corrected chi connectivity index (χ0v) is 12.4. The predicted molar refractivity (Wildman–Crippen MR) is 79.3 cm³/mol. The molecule has 1 aromatic carbocycles. The van der Waals surface area contributed by atoms with E-state index in [0.29, 0.717) is 5.69 Å². The Labute approximate surface area is 124 Å². The fraction of sp³-hybridized carbons (Fsp3) is 0.412. The van der Waals surface area contributed by atoms with Crippen LogP contribution in [-0.4, -0.2) is 18.2 Å². The lowest BCUT2D eigenvalue weighted by Crippen LogP contribution is -2.05. The number of esters is 1. The van der Waals surface area contributed by atoms with Gasteiger partial charge in [0.05, 0.1) is 7.11 Å². The minimum atomic E-state index is -0.425. The molecule has 4 nitrogen and oxygen atoms in total. The smallest absolute Gasteiger partial charge is 0.360 e. The average molecular weight is 285 g/mol. The number of fused-ring (bicyclic) bond motifs is 3. The summed E-state index contributed by atoms with van der Waals surface area (Å²) >= 11 is 0. The number of rotatable bonds is 3. The molecule has 0 fully saturated rings. The maximum absolute atomic E-state index is 11.8. The molecule has 1 aliphatic rings. The van der Waals surface area contributed by atoms with Gasteiger partial charge in [0.2, 0.25) is 0 Å². The summed E-state index contributed by atoms with van der Waals surface area (Å²) in [6.07, 6.45) is 5.00. The van der Waals surface area contributed by atoms with Gasteiger partial charge in [-0.1, -0.05) is 36.7 Å². The van der Waals surface area contributed by atoms with Gasteiger partial charge in [0, 0.05) is 11.1 Å². The van der Waals surface area contributed by atoms with Crippen LogP contribution in [0, 0.1) is 0 Å². The second-order valence-electron chi connectivity index (χ2n) is 5.43. The lowest BCUT2D eigenvalue weighted by molar-refractivity contribution is 0.0588. The maximum atomic E-state index is 11.8. The Balaban J connectivity index is 2.07. The van der Waals surface area contributed by atoms with Crippen molar-refractivity contribution in [2.45, 2.75) is 39.0 Å². The standard InChI is InChI=1S/C17H19NO3/c1-3-5-11-8-9-13-12(10-11)6-4-7-14-15(17(19)20-2)18-21-16(13)14/h8-10H,3-7H2,1-2H3. The molecule has 21 heavy (non-hydrogen) atoms. The van der Waals surface area contributed by atoms with Crippen LogP contribution in [0.1, 0.15) is 46.9 Å². The molecular formula is C17H19NO3. The molecule has 0 unspecified atom stereocenters. The summed E-state index contributed by atoms with van der Waals surface area (Å²) in [5, 5.41) is 3.92. The number of ether oxygens (including phenoxy) is 1. The van der Waals surface area contributed by atoms with Gasteiger partial charge in [-0.25, -0.2) is 4.79 Å². The topological polar surface area (TPSA) is 52.3 Å². The van der Waals surface area contributed by atoms with Gasteiger partial charge in [-0.2, -0.15) is 0 Å². The van der Waals surface area contributed by atoms with E-state index in [1.54, 1.807) is 0 Å². The Bertz CT molecular complexity index is 673. The van der Waals surface area contributed by atoms with Crippen molar-refractivity contribution in [3.8, 4) is 11.3 Å². The monoisotopic (exact) mass is 285 g/mol. The van der Waals surface area contributed by atoms with Crippen LogP contribution in [0.4, 0.5) is 0 Å². The Morgan fingerprint density at radius 3 is 3.00 bits per heavy atom. The lowest BCUT2D eigenvalue weighted by atomic mass is 9.98. The van der Waals surface area contributed by atoms with Gasteiger partial charge in [-0.15, -0.1) is 0 Å². The molecule has 0 N–H and O–H groups in total. The van der Waals surface area contributed by atoms with E-state index >= 15 is 0 Å². The summed E-state index contributed by atoms with van der Waals surface area (Å²) in [7, 11) is 1.37. The molecule has 110 valence electrons. The molecule has 0 saturated heterocycles. The summed E-state index contributed by atoms with van der Waals surface area (Å²) in [5.41, 5.74) is 4.89. The van der Waals surface area contributed by atoms with Crippen molar-refractivity contribution in [1.29, 1.82) is 0 Å². The fourth-order valence-corrected chi connectivity index (χ4v) is 2.99. The minimum Gasteiger partial charge on any atom is -0.464 e. The zero-order valence-electron chi connectivity index (χ0n) is 12.4. The number of hydrogen-bond acceptors (Lipinski definition) is 4. The van der Waals surface area contributed by atoms with Crippen LogP contribution in [0.15, 0.2) is 22.7 Å². The summed E-state index contributed by atoms with van der Waals surface area (Å²) in [6, 6.07) is 6.49. The number of benzene rings is 1. The van der Waals surface area contributed by atoms with Gasteiger partial charge >= 0.3 is 5.97 Å². The van der Waals surface area contributed by atoms with Gasteiger partial charge in [0.15, 0.2) is 11.5 Å². The molecule has 2 aromatic rings. The molecule has 0 aliphatic heterocycles. The van der Waals surface area contributed by atoms with Crippen molar-refractivity contribution in [2.24, 2.45) is 0 Å². The molecule has 1 aromatic heterocycles. The second-order valence-corrected chi connectivity index (χ2v) is 5.43. The molecule has 3 rings (SSSR count). The first-order valence-electron chi connectivity index (χ1n) is 7.43. The number of nitrogens with zero attached hydrogens (tertiary/aromatic N) is 1. The highest BCUT2D eigenvalue weighted by Gasteiger charge is 2.26. The molecule has 1 heterocycles. The van der Waals surface area contributed by atoms with Crippen molar-refractivity contribution in [2.75, 3.05) is 7.11 Å². The van der Waals surface area contributed by atoms with E-state index in [9.17, 15) is 4.79 Å². The van der Waals surface area contributed by atoms with E-state index < -0.39 is 5.97 Å². The minimum absolute atomic E-state index is 0.318. The zero-order chi connectivity index (χ0) is 14.8. The first kappa shape index (κ1) is 13.9. The molecule has 1 aliphatic carbocycles. The summed E-state index contributed by atoms with van der Waals surface area (Å²) in [6.45, 7) is 2.18. The number of methoxy groups -OCH3 is 1. The highest BCUT2D eigenvalue weighted by molar-refractivity contribution is 5.91. The Morgan fingerprint density at radius 2 is 2.24 bits per heavy atom. The lowest BCUT2D eigenvalue weighted by Gasteiger charge is -2.07. The maximum Gasteiger partial charge on any atom is 0.360 e. The van der Waals surface area contributed by atoms with Gasteiger partial charge in [0.25, 0.3) is 0 Å². The van der Waals surface area contributed by atoms with Crippen molar-refractivity contribution < 1.29 is 14.1 Å². The Morgan fingerprint density at radius 1 is 1.38 bits per heavy atom. The molecule has 0 amide bonds. The van der Waals surface area contributed by atoms with Crippen molar-refractivity contribution in [3.63, 3.8) is 0 Å². The average Bonchev–Trinajstić information content (AvgIpc) is 2.83. The van der Waals surface area contributed by atoms with Crippen LogP contribution in [0.25, 0.3) is 11.3 Å². The van der Waals surface area contributed by atoms with E-state index in [4.69, 9.17) is 9.26 Å². The van der Waals surface area contributed by atoms with Crippen LogP contribution in [0.2, 0.25) is 0 Å². The second kappa shape index (κ2) is 5.72. The quantitative estimate of drug-likeness (QED) is 0.809. The summed E-state index contributed by atoms with van der Waals surface area (Å²) in [4.78, 5) is 11.8. The third-order valence-corrected chi connectivity index (χ3v) is 3.99. The molecule has 0 spiro atoms. The first-order valence-corrected chi connectivity index (χ1v) is 7.43. The number of hydrogen-bond donors (Lipinski definition) is 0. The first-order chi connectivity index (χ1) is 10.2. The van der Waals surface area contributed by atoms with Crippen LogP contribution in [0.3, 0.4) is 0 Å². The van der Waals surface area contributed by atoms with Crippen LogP contribution >= 0.6 is 0 Å². The third kappa shape index (κ3) is 2.46. The van der Waals surface area contributed by atoms with Gasteiger partial charge in [-0.05, 0) is 36.8 Å². The van der Waals surface area contributed by atoms with Crippen molar-refractivity contribution >= 4 is 5.97 Å². The van der Waals surface area contributed by atoms with E-state index in [-0.39, 0.29) is 0 Å². The number of aryl methyl sites for hydroxylation is 2. The number of carbonyl (C=O) groups is 1. The van der Waals surface area contributed by atoms with Gasteiger partial charge in [-0.3, -0.25) is 0 Å². The third-order valence-electron chi connectivity index (χ3n) is 3.99. The molecule has 0 saturated carbocycles. The van der Waals surface area contributed by atoms with Crippen LogP contribution in [-0.2, 0) is 24.0 Å². The molecule has 0 bridgehead atoms. The highest BCUT2D eigenvalue weighted by atomic mass is 16.5. The largest absolute Gasteiger partial charge is 0.464 e. The van der Waals surface area contributed by atoms with E-state index in [1.807, 2.05) is 0 Å². The summed E-state index contributed by atoms with van der Waals surface area (Å²) < 4.78 is 10.2. The number of aromatic nitrogens is 1. The Hall–Kier alpha value is -2.10. The van der Waals surface area contributed by atoms with Crippen LogP contribution in [0.5, 0.6) is 0 Å². The normalized spacial score (nSPS) is 13.2. The van der Waals surface area contributed by atoms with Crippen molar-refractivity contribution in [3.05, 3.63) is 40.6 Å². The highest BCUT2D eigenvalue weighted by Crippen LogP contribution is 2.35. The van der Waals surface area contributed by atoms with Crippen LogP contribution < -0.4 is 0 Å². The molecule has 0 atom stereocenters.